The van der Waals surface area contributed by atoms with Gasteiger partial charge in [-0.25, -0.2) is 27.9 Å². The van der Waals surface area contributed by atoms with Crippen LogP contribution < -0.4 is 20.7 Å². The number of H-pyrrole nitrogens is 1. The van der Waals surface area contributed by atoms with E-state index in [1.807, 2.05) is 30.5 Å². The summed E-state index contributed by atoms with van der Waals surface area (Å²) < 4.78 is 49.3. The number of nitrogens with two attached hydrogens (primary N) is 1. The number of aromatic amines is 1. The Kier molecular flexibility index (Phi) is 5.39. The minimum Gasteiger partial charge on any atom is -0.478 e. The lowest BCUT2D eigenvalue weighted by atomic mass is 9.87. The summed E-state index contributed by atoms with van der Waals surface area (Å²) in [7, 11) is 1.22. The quantitative estimate of drug-likeness (QED) is 0.383. The number of rotatable bonds is 4. The van der Waals surface area contributed by atoms with Crippen LogP contribution in [0.3, 0.4) is 0 Å². The van der Waals surface area contributed by atoms with Crippen LogP contribution in [0.2, 0.25) is 0 Å². The Morgan fingerprint density at radius 2 is 1.85 bits per heavy atom. The van der Waals surface area contributed by atoms with Gasteiger partial charge in [-0.05, 0) is 24.8 Å². The summed E-state index contributed by atoms with van der Waals surface area (Å²) in [6.45, 7) is 1.14. The minimum absolute atomic E-state index is 0.0739. The maximum atomic E-state index is 15.1. The van der Waals surface area contributed by atoms with Crippen molar-refractivity contribution >= 4 is 39.5 Å². The van der Waals surface area contributed by atoms with E-state index in [4.69, 9.17) is 10.5 Å². The highest BCUT2D eigenvalue weighted by atomic mass is 19.2. The topological polar surface area (TPSA) is 109 Å². The van der Waals surface area contributed by atoms with E-state index in [2.05, 4.69) is 25.2 Å². The number of nitrogens with one attached hydrogen (secondary N) is 2. The van der Waals surface area contributed by atoms with E-state index in [-0.39, 0.29) is 22.8 Å². The Labute approximate surface area is 191 Å². The minimum atomic E-state index is -1.62. The number of aromatic nitrogens is 3. The number of piperidine rings is 1. The summed E-state index contributed by atoms with van der Waals surface area (Å²) in [4.78, 5) is 24.9. The molecule has 1 aliphatic heterocycles. The molecular weight excluding hydrogens is 449 g/mol. The number of hydrogen-bond acceptors (Lipinski definition) is 5. The van der Waals surface area contributed by atoms with Crippen LogP contribution in [0.15, 0.2) is 30.5 Å². The van der Waals surface area contributed by atoms with Crippen molar-refractivity contribution in [3.8, 4) is 5.88 Å². The lowest BCUT2D eigenvalue weighted by Gasteiger charge is -2.34. The third-order valence-corrected chi connectivity index (χ3v) is 6.19. The summed E-state index contributed by atoms with van der Waals surface area (Å²) in [6, 6.07) is 6.96. The van der Waals surface area contributed by atoms with E-state index in [9.17, 15) is 13.6 Å². The maximum absolute atomic E-state index is 15.1. The van der Waals surface area contributed by atoms with Crippen molar-refractivity contribution in [2.45, 2.75) is 18.8 Å². The van der Waals surface area contributed by atoms with Crippen LogP contribution in [-0.2, 0) is 0 Å². The highest BCUT2D eigenvalue weighted by Crippen LogP contribution is 2.39. The second-order valence-electron chi connectivity index (χ2n) is 8.10. The number of primary amides is 1. The zero-order valence-electron chi connectivity index (χ0n) is 18.2. The van der Waals surface area contributed by atoms with E-state index in [0.29, 0.717) is 25.9 Å². The number of ether oxygens (including phenoxy) is 1. The molecule has 5 rings (SSSR count). The first-order valence-corrected chi connectivity index (χ1v) is 10.7. The van der Waals surface area contributed by atoms with Gasteiger partial charge in [-0.3, -0.25) is 5.32 Å². The van der Waals surface area contributed by atoms with E-state index < -0.39 is 34.9 Å². The van der Waals surface area contributed by atoms with Crippen LogP contribution in [0, 0.1) is 17.5 Å². The second kappa shape index (κ2) is 8.40. The number of fused-ring (bicyclic) bond motifs is 2. The van der Waals surface area contributed by atoms with Crippen molar-refractivity contribution < 1.29 is 22.7 Å². The van der Waals surface area contributed by atoms with Crippen molar-refractivity contribution in [3.63, 3.8) is 0 Å². The van der Waals surface area contributed by atoms with Gasteiger partial charge in [-0.15, -0.1) is 0 Å². The first-order chi connectivity index (χ1) is 16.4. The lowest BCUT2D eigenvalue weighted by molar-refractivity contribution is 0.259. The number of carbonyl (C=O) groups excluding carboxylic acids is 1. The zero-order chi connectivity index (χ0) is 24.0. The molecule has 0 radical (unpaired) electrons. The number of amides is 2. The number of urea groups is 1. The normalized spacial score (nSPS) is 14.6. The second-order valence-corrected chi connectivity index (χ2v) is 8.10. The van der Waals surface area contributed by atoms with E-state index in [1.165, 1.54) is 7.11 Å². The van der Waals surface area contributed by atoms with Crippen molar-refractivity contribution in [1.29, 1.82) is 0 Å². The van der Waals surface area contributed by atoms with Crippen LogP contribution in [0.1, 0.15) is 24.3 Å². The van der Waals surface area contributed by atoms with Gasteiger partial charge < -0.3 is 20.4 Å². The molecule has 3 heterocycles. The molecular formula is C23H21F3N6O2. The summed E-state index contributed by atoms with van der Waals surface area (Å²) in [5.74, 6) is -5.30. The van der Waals surface area contributed by atoms with E-state index >= 15 is 4.39 Å². The molecule has 0 unspecified atom stereocenters. The predicted molar refractivity (Wildman–Crippen MR) is 122 cm³/mol. The van der Waals surface area contributed by atoms with Crippen LogP contribution in [0.25, 0.3) is 21.9 Å². The SMILES string of the molecule is COc1nc2c(F)c(F)c(F)c(C3CCN(c4c[nH]c5ccccc45)CC3)c2nc1NC(N)=O. The molecule has 0 atom stereocenters. The van der Waals surface area contributed by atoms with Crippen LogP contribution >= 0.6 is 0 Å². The van der Waals surface area contributed by atoms with Crippen molar-refractivity contribution in [2.75, 3.05) is 30.4 Å². The largest absolute Gasteiger partial charge is 0.478 e. The van der Waals surface area contributed by atoms with Gasteiger partial charge in [0.1, 0.15) is 11.0 Å². The fraction of sp³-hybridized carbons (Fsp3) is 0.261. The molecule has 2 aromatic heterocycles. The number of carbonyl (C=O) groups is 1. The Bertz CT molecular complexity index is 1420. The Balaban J connectivity index is 1.53. The van der Waals surface area contributed by atoms with Crippen molar-refractivity contribution in [2.24, 2.45) is 5.73 Å². The van der Waals surface area contributed by atoms with Gasteiger partial charge in [0.05, 0.1) is 12.8 Å². The highest BCUT2D eigenvalue weighted by Gasteiger charge is 2.31. The van der Waals surface area contributed by atoms with Gasteiger partial charge in [0, 0.05) is 35.8 Å². The average Bonchev–Trinajstić information content (AvgIpc) is 3.27. The molecule has 34 heavy (non-hydrogen) atoms. The summed E-state index contributed by atoms with van der Waals surface area (Å²) >= 11 is 0. The van der Waals surface area contributed by atoms with Gasteiger partial charge >= 0.3 is 6.03 Å². The summed E-state index contributed by atoms with van der Waals surface area (Å²) in [5, 5.41) is 3.31. The number of hydrogen-bond donors (Lipinski definition) is 3. The molecule has 2 aromatic carbocycles. The molecule has 1 aliphatic rings. The Hall–Kier alpha value is -4.02. The van der Waals surface area contributed by atoms with Crippen molar-refractivity contribution in [3.05, 3.63) is 53.5 Å². The van der Waals surface area contributed by atoms with E-state index in [1.54, 1.807) is 0 Å². The fourth-order valence-corrected chi connectivity index (χ4v) is 4.62. The van der Waals surface area contributed by atoms with Crippen molar-refractivity contribution in [1.82, 2.24) is 15.0 Å². The number of para-hydroxylation sites is 1. The molecule has 2 amide bonds. The molecule has 1 saturated heterocycles. The molecule has 11 heteroatoms. The monoisotopic (exact) mass is 470 g/mol. The number of benzene rings is 2. The predicted octanol–water partition coefficient (Wildman–Crippen LogP) is 4.41. The fourth-order valence-electron chi connectivity index (χ4n) is 4.62. The molecule has 4 aromatic rings. The standard InChI is InChI=1S/C23H21F3N6O2/c1-34-22-21(31-23(27)33)29-19-15(16(24)17(25)18(26)20(19)30-22)11-6-8-32(9-7-11)14-10-28-13-5-3-2-4-12(13)14/h2-5,10-11,28H,6-9H2,1H3,(H3,27,29,31,33). The molecule has 4 N–H and O–H groups in total. The van der Waals surface area contributed by atoms with Gasteiger partial charge in [0.2, 0.25) is 0 Å². The average molecular weight is 470 g/mol. The molecule has 0 spiro atoms. The number of methoxy groups -OCH3 is 1. The van der Waals surface area contributed by atoms with Crippen LogP contribution in [-0.4, -0.2) is 41.2 Å². The number of anilines is 2. The van der Waals surface area contributed by atoms with Gasteiger partial charge in [0.25, 0.3) is 5.88 Å². The summed E-state index contributed by atoms with van der Waals surface area (Å²) in [6.07, 6.45) is 2.88. The first kappa shape index (κ1) is 21.8. The van der Waals surface area contributed by atoms with Gasteiger partial charge in [-0.2, -0.15) is 0 Å². The number of nitrogens with zero attached hydrogens (tertiary/aromatic N) is 3. The third kappa shape index (κ3) is 3.53. The maximum Gasteiger partial charge on any atom is 0.317 e. The van der Waals surface area contributed by atoms with E-state index in [0.717, 1.165) is 16.6 Å². The molecule has 176 valence electrons. The van der Waals surface area contributed by atoms with Gasteiger partial charge in [-0.1, -0.05) is 18.2 Å². The van der Waals surface area contributed by atoms with Crippen LogP contribution in [0.5, 0.6) is 5.88 Å². The smallest absolute Gasteiger partial charge is 0.317 e. The molecule has 1 fully saturated rings. The molecule has 8 nitrogen and oxygen atoms in total. The lowest BCUT2D eigenvalue weighted by Crippen LogP contribution is -2.33. The summed E-state index contributed by atoms with van der Waals surface area (Å²) in [5.41, 5.74) is 6.49. The van der Waals surface area contributed by atoms with Crippen LogP contribution in [0.4, 0.5) is 29.5 Å². The molecule has 0 aliphatic carbocycles. The molecule has 0 saturated carbocycles. The number of halogens is 3. The first-order valence-electron chi connectivity index (χ1n) is 10.7. The Morgan fingerprint density at radius 1 is 1.12 bits per heavy atom. The Morgan fingerprint density at radius 3 is 2.56 bits per heavy atom. The molecule has 0 bridgehead atoms. The third-order valence-electron chi connectivity index (χ3n) is 6.19. The highest BCUT2D eigenvalue weighted by molar-refractivity contribution is 5.93. The van der Waals surface area contributed by atoms with Gasteiger partial charge in [0.15, 0.2) is 23.3 Å². The zero-order valence-corrected chi connectivity index (χ0v) is 18.2.